The number of carbonyl (C=O) groups excluding carboxylic acids is 13. The number of benzene rings is 2. The molecule has 11 amide bonds. The minimum atomic E-state index is -4.64. The molecule has 8 heterocycles. The first-order valence-corrected chi connectivity index (χ1v) is 44.7. The second kappa shape index (κ2) is 62.8. The molecular weight excluding hydrogens is 1790 g/mol. The summed E-state index contributed by atoms with van der Waals surface area (Å²) < 4.78 is 81.5. The third kappa shape index (κ3) is 41.5. The van der Waals surface area contributed by atoms with Crippen molar-refractivity contribution in [2.24, 2.45) is 5.92 Å². The first-order chi connectivity index (χ1) is 59.9. The summed E-state index contributed by atoms with van der Waals surface area (Å²) in [4.78, 5) is 171. The quantitative estimate of drug-likeness (QED) is 0.00517. The molecule has 0 spiro atoms. The zero-order valence-corrected chi connectivity index (χ0v) is 81.1. The molecule has 0 radical (unpaired) electrons. The van der Waals surface area contributed by atoms with Crippen LogP contribution in [0.15, 0.2) is 64.4 Å². The third-order valence-corrected chi connectivity index (χ3v) is 25.2. The molecule has 7 fully saturated rings. The number of carbonyl (C=O) groups is 13. The van der Waals surface area contributed by atoms with Crippen molar-refractivity contribution in [3.63, 3.8) is 0 Å². The van der Waals surface area contributed by atoms with E-state index in [9.17, 15) is 65.9 Å². The number of aldehydes is 1. The summed E-state index contributed by atoms with van der Waals surface area (Å²) in [5.41, 5.74) is 2.82. The van der Waals surface area contributed by atoms with E-state index >= 15 is 0 Å². The maximum absolute atomic E-state index is 13.6. The number of halogens is 3. The van der Waals surface area contributed by atoms with E-state index in [4.69, 9.17) is 62.3 Å². The van der Waals surface area contributed by atoms with Gasteiger partial charge in [-0.15, -0.1) is 5.06 Å². The van der Waals surface area contributed by atoms with Crippen molar-refractivity contribution in [2.75, 3.05) is 200 Å². The monoisotopic (exact) mass is 1900 g/mol. The number of piperazine rings is 2. The molecule has 1 aromatic heterocycles. The number of thiazole rings is 1. The number of methoxy groups -OCH3 is 1. The average Bonchev–Trinajstić information content (AvgIpc) is 1.80. The van der Waals surface area contributed by atoms with Gasteiger partial charge < -0.3 is 105 Å². The number of rotatable bonds is 50. The van der Waals surface area contributed by atoms with Gasteiger partial charge in [-0.05, 0) is 80.6 Å². The summed E-state index contributed by atoms with van der Waals surface area (Å²) in [5, 5.41) is 28.0. The number of ether oxygens (including phenoxy) is 9. The number of unbranched alkanes of at least 4 members (excludes halogenated alkanes) is 2. The molecule has 690 valence electrons. The predicted octanol–water partition coefficient (Wildman–Crippen LogP) is -2.07. The van der Waals surface area contributed by atoms with Crippen LogP contribution in [0.2, 0.25) is 0 Å². The number of urea groups is 1. The van der Waals surface area contributed by atoms with Gasteiger partial charge in [0.1, 0.15) is 5.75 Å². The second-order valence-electron chi connectivity index (χ2n) is 28.6. The van der Waals surface area contributed by atoms with E-state index in [0.717, 1.165) is 70.4 Å². The van der Waals surface area contributed by atoms with E-state index in [1.54, 1.807) is 28.1 Å². The standard InChI is InChI=1S/C51H69N9O11S3.C26H41N3O10S.C2HF3O.CH2O3.2K.H/c1-4-44(62)58-19-21-60(22-20-58)49(65)38-32-42(35(2)31-40(38)67-3)73-46-33-53-51(74-46)56-48(64)36-9-11-37(12-10-36)57-15-17-59(18-16-57)45(63)13-23-68-25-27-70-29-30-71-28-26-69-24-14-52-43(61)8-6-5-7-41-47-39(34-72-41)54-50(66)55-47;30-22(4-2-1-3-21-19-17-23(31)28-20(19)18-40-21)27-8-10-36-12-14-38-16-15-37-13-11-35-9-7-26(34)39-29-24(32)5-6-25(29)33;3-2(4,5)1-6;2-1-4-3;;;/h4,9-12,31-33,39,41,47H,1,5-8,13-30,34H2,2-3H3,(H,52,61)(H,53,56,64)(H2,54,55,66);19-21H,1-18H2,(H,27,30)(H,28,31);1H;1,3H;;;/q;;;;2*+1;-1/p-1. The number of thioether (sulfide) groups is 2. The molecule has 6 N–H and O–H groups in total. The molecule has 37 nitrogen and oxygen atoms in total. The minimum Gasteiger partial charge on any atom is -1.00 e. The molecule has 6 unspecified atom stereocenters. The number of aryl methyl sites for hydroxylation is 1. The number of hydroxylamine groups is 2. The molecule has 46 heteroatoms. The fraction of sp³-hybridized carbons (Fsp3) is 0.625. The van der Waals surface area contributed by atoms with Crippen LogP contribution in [0.3, 0.4) is 0 Å². The maximum Gasteiger partial charge on any atom is 1.00 e. The summed E-state index contributed by atoms with van der Waals surface area (Å²) >= 11 is 6.63. The molecule has 7 aliphatic rings. The van der Waals surface area contributed by atoms with Crippen LogP contribution in [0.5, 0.6) is 5.75 Å². The number of hydrogen-bond acceptors (Lipinski definition) is 31. The molecule has 0 aliphatic carbocycles. The molecular formula is C80H113F3K2N12O25S4. The van der Waals surface area contributed by atoms with Crippen molar-refractivity contribution in [1.82, 2.24) is 51.3 Å². The number of anilines is 2. The van der Waals surface area contributed by atoms with Crippen LogP contribution in [-0.4, -0.2) is 327 Å². The van der Waals surface area contributed by atoms with E-state index in [-0.39, 0.29) is 203 Å². The van der Waals surface area contributed by atoms with Crippen LogP contribution in [0, 0.1) is 12.8 Å². The smallest absolute Gasteiger partial charge is 1.00 e. The molecule has 0 saturated carbocycles. The Morgan fingerprint density at radius 2 is 1.14 bits per heavy atom. The average molecular weight is 1910 g/mol. The van der Waals surface area contributed by atoms with Crippen molar-refractivity contribution in [1.29, 1.82) is 0 Å². The molecule has 7 saturated heterocycles. The number of hydrogen-bond donors (Lipinski definition) is 6. The summed E-state index contributed by atoms with van der Waals surface area (Å²) in [5.74, 6) is 0.854. The zero-order chi connectivity index (χ0) is 89.4. The molecule has 126 heavy (non-hydrogen) atoms. The van der Waals surface area contributed by atoms with Gasteiger partial charge in [0.15, 0.2) is 5.13 Å². The van der Waals surface area contributed by atoms with Crippen LogP contribution < -0.4 is 150 Å². The number of fused-ring (bicyclic) bond motifs is 2. The summed E-state index contributed by atoms with van der Waals surface area (Å²) in [6, 6.07) is 11.8. The maximum atomic E-state index is 13.6. The zero-order valence-electron chi connectivity index (χ0n) is 72.6. The fourth-order valence-electron chi connectivity index (χ4n) is 13.6. The SMILES string of the molecule is C=CC(=O)N1CCN(C(=O)c2cc(Sc3cnc(NC(=O)c4ccc(N5CCN(C(=O)CCOCCOCCOCCOCCNC(=O)CCCCC6SCC7NC(=O)NC76)CC5)cc4)s3)c(C)cc2OC)CC1.O=C(CCCCC1SCC2NC(=O)CC21)NCCOCCOCCOCCOCCC(=O)ON1C(=O)CCC1=O.O=CC(F)(F)F.O=CO[O-].[H-].[K+].[K+]. The number of amides is 11. The van der Waals surface area contributed by atoms with Gasteiger partial charge in [0.25, 0.3) is 30.1 Å². The van der Waals surface area contributed by atoms with Crippen molar-refractivity contribution in [2.45, 2.75) is 134 Å². The van der Waals surface area contributed by atoms with E-state index in [1.165, 1.54) is 36.3 Å². The number of alkyl halides is 3. The van der Waals surface area contributed by atoms with E-state index in [1.807, 2.05) is 59.6 Å². The van der Waals surface area contributed by atoms with E-state index in [2.05, 4.69) is 53.3 Å². The second-order valence-corrected chi connectivity index (χ2v) is 33.5. The first-order valence-electron chi connectivity index (χ1n) is 40.9. The Labute approximate surface area is 833 Å². The van der Waals surface area contributed by atoms with Gasteiger partial charge in [0, 0.05) is 148 Å². The summed E-state index contributed by atoms with van der Waals surface area (Å²) in [6.45, 7) is 16.4. The van der Waals surface area contributed by atoms with Crippen LogP contribution in [0.1, 0.15) is 111 Å². The van der Waals surface area contributed by atoms with Gasteiger partial charge in [0.2, 0.25) is 35.8 Å². The summed E-state index contributed by atoms with van der Waals surface area (Å²) in [6.07, 6.45) is 4.94. The number of aromatic nitrogens is 1. The van der Waals surface area contributed by atoms with Crippen molar-refractivity contribution < 1.29 is 237 Å². The van der Waals surface area contributed by atoms with Gasteiger partial charge >= 0.3 is 121 Å². The van der Waals surface area contributed by atoms with Crippen LogP contribution in [0.25, 0.3) is 0 Å². The van der Waals surface area contributed by atoms with Crippen molar-refractivity contribution in [3.05, 3.63) is 71.9 Å². The largest absolute Gasteiger partial charge is 1.00 e. The minimum absolute atomic E-state index is 0. The van der Waals surface area contributed by atoms with Crippen LogP contribution >= 0.6 is 46.6 Å². The van der Waals surface area contributed by atoms with E-state index < -0.39 is 30.2 Å². The Kier molecular flexibility index (Phi) is 55.3. The summed E-state index contributed by atoms with van der Waals surface area (Å²) in [7, 11) is 1.54. The molecule has 3 aromatic rings. The van der Waals surface area contributed by atoms with Gasteiger partial charge in [-0.1, -0.05) is 42.5 Å². The first kappa shape index (κ1) is 111. The number of nitrogens with zero attached hydrogens (tertiary/aromatic N) is 6. The molecule has 7 aliphatic heterocycles. The van der Waals surface area contributed by atoms with Gasteiger partial charge in [-0.25, -0.2) is 14.6 Å². The Bertz CT molecular complexity index is 3910. The van der Waals surface area contributed by atoms with Crippen molar-refractivity contribution in [3.8, 4) is 5.75 Å². The van der Waals surface area contributed by atoms with Gasteiger partial charge in [0.05, 0.1) is 154 Å². The topological polar surface area (TPSA) is 448 Å². The number of nitrogens with one attached hydrogen (secondary N) is 6. The Balaban J connectivity index is 0.000000535. The molecule has 6 atom stereocenters. The molecule has 0 bridgehead atoms. The third-order valence-electron chi connectivity index (χ3n) is 19.9. The fourth-order valence-corrected chi connectivity index (χ4v) is 18.7. The van der Waals surface area contributed by atoms with Crippen LogP contribution in [-0.2, 0) is 95.6 Å². The van der Waals surface area contributed by atoms with Crippen LogP contribution in [0.4, 0.5) is 28.8 Å². The number of imide groups is 1. The molecule has 2 aromatic carbocycles. The van der Waals surface area contributed by atoms with Crippen molar-refractivity contribution >= 4 is 135 Å². The van der Waals surface area contributed by atoms with E-state index in [0.29, 0.717) is 233 Å². The predicted molar refractivity (Wildman–Crippen MR) is 448 cm³/mol. The Morgan fingerprint density at radius 1 is 0.643 bits per heavy atom. The molecule has 10 rings (SSSR count). The normalized spacial score (nSPS) is 18.5. The Hall–Kier alpha value is -5.53. The van der Waals surface area contributed by atoms with Gasteiger partial charge in [-0.2, -0.15) is 36.7 Å². The Morgan fingerprint density at radius 3 is 1.67 bits per heavy atom. The van der Waals surface area contributed by atoms with Gasteiger partial charge in [-0.3, -0.25) is 58.1 Å².